The first kappa shape index (κ1) is 29.0. The molecule has 1 aliphatic heterocycles. The summed E-state index contributed by atoms with van der Waals surface area (Å²) in [6.45, 7) is 5.19. The minimum absolute atomic E-state index is 0.327. The Morgan fingerprint density at radius 1 is 0.857 bits per heavy atom. The summed E-state index contributed by atoms with van der Waals surface area (Å²) in [6, 6.07) is 24.6. The van der Waals surface area contributed by atoms with Gasteiger partial charge >= 0.3 is 12.0 Å². The SMILES string of the molecule is Cc1cccc(NC(=O)N2C(c3ccc(Cl)cc3)C(C(=O)c3cccc(C)c3)C(c3ccc(F)cc3)C2(C)C(=O)O)c1. The number of nitrogens with zero attached hydrogens (tertiary/aromatic N) is 1. The molecule has 1 saturated heterocycles. The molecule has 2 amide bonds. The molecular formula is C34H30ClFN2O4. The molecule has 4 aromatic rings. The van der Waals surface area contributed by atoms with Crippen LogP contribution in [0.5, 0.6) is 0 Å². The number of amides is 2. The Hall–Kier alpha value is -4.49. The summed E-state index contributed by atoms with van der Waals surface area (Å²) in [5.74, 6) is -4.20. The van der Waals surface area contributed by atoms with Crippen molar-refractivity contribution in [3.8, 4) is 0 Å². The third-order valence-corrected chi connectivity index (χ3v) is 8.30. The predicted molar refractivity (Wildman–Crippen MR) is 160 cm³/mol. The number of likely N-dealkylation sites (tertiary alicyclic amines) is 1. The third-order valence-electron chi connectivity index (χ3n) is 8.05. The topological polar surface area (TPSA) is 86.7 Å². The fourth-order valence-electron chi connectivity index (χ4n) is 6.12. The van der Waals surface area contributed by atoms with Crippen molar-refractivity contribution in [2.45, 2.75) is 38.3 Å². The smallest absolute Gasteiger partial charge is 0.330 e. The molecular weight excluding hydrogens is 555 g/mol. The van der Waals surface area contributed by atoms with Crippen LogP contribution in [0.1, 0.15) is 51.5 Å². The highest BCUT2D eigenvalue weighted by molar-refractivity contribution is 6.30. The van der Waals surface area contributed by atoms with E-state index >= 15 is 0 Å². The van der Waals surface area contributed by atoms with E-state index in [1.165, 1.54) is 36.1 Å². The van der Waals surface area contributed by atoms with E-state index in [2.05, 4.69) is 5.32 Å². The number of rotatable bonds is 6. The van der Waals surface area contributed by atoms with Gasteiger partial charge in [0.2, 0.25) is 0 Å². The van der Waals surface area contributed by atoms with Crippen LogP contribution in [0.2, 0.25) is 5.02 Å². The van der Waals surface area contributed by atoms with Crippen molar-refractivity contribution < 1.29 is 23.9 Å². The van der Waals surface area contributed by atoms with Gasteiger partial charge in [-0.15, -0.1) is 0 Å². The molecule has 4 atom stereocenters. The van der Waals surface area contributed by atoms with Gasteiger partial charge in [-0.05, 0) is 79.9 Å². The second kappa shape index (κ2) is 11.4. The minimum atomic E-state index is -1.92. The lowest BCUT2D eigenvalue weighted by Gasteiger charge is -2.37. The molecule has 0 bridgehead atoms. The van der Waals surface area contributed by atoms with Crippen LogP contribution in [0.15, 0.2) is 97.1 Å². The van der Waals surface area contributed by atoms with Crippen molar-refractivity contribution in [3.63, 3.8) is 0 Å². The van der Waals surface area contributed by atoms with E-state index in [1.54, 1.807) is 60.7 Å². The molecule has 5 rings (SSSR count). The predicted octanol–water partition coefficient (Wildman–Crippen LogP) is 7.81. The number of carbonyl (C=O) groups excluding carboxylic acids is 2. The van der Waals surface area contributed by atoms with Crippen molar-refractivity contribution in [1.29, 1.82) is 0 Å². The van der Waals surface area contributed by atoms with Crippen LogP contribution in [0.4, 0.5) is 14.9 Å². The first-order valence-electron chi connectivity index (χ1n) is 13.5. The number of ketones is 1. The summed E-state index contributed by atoms with van der Waals surface area (Å²) >= 11 is 6.21. The van der Waals surface area contributed by atoms with Crippen molar-refractivity contribution in [3.05, 3.63) is 136 Å². The number of nitrogens with one attached hydrogen (secondary N) is 1. The highest BCUT2D eigenvalue weighted by atomic mass is 35.5. The average molecular weight is 585 g/mol. The molecule has 4 aromatic carbocycles. The van der Waals surface area contributed by atoms with Crippen LogP contribution in [0.25, 0.3) is 0 Å². The number of carboxylic acid groups (broad SMARTS) is 1. The normalized spacial score (nSPS) is 21.6. The minimum Gasteiger partial charge on any atom is -0.479 e. The van der Waals surface area contributed by atoms with Crippen LogP contribution < -0.4 is 5.32 Å². The number of urea groups is 1. The Kier molecular flexibility index (Phi) is 7.89. The lowest BCUT2D eigenvalue weighted by Crippen LogP contribution is -2.55. The summed E-state index contributed by atoms with van der Waals surface area (Å²) in [5, 5.41) is 14.2. The van der Waals surface area contributed by atoms with Crippen LogP contribution in [-0.2, 0) is 4.79 Å². The lowest BCUT2D eigenvalue weighted by molar-refractivity contribution is -0.148. The van der Waals surface area contributed by atoms with Crippen molar-refractivity contribution in [2.24, 2.45) is 5.92 Å². The fraction of sp³-hybridized carbons (Fsp3) is 0.206. The van der Waals surface area contributed by atoms with Gasteiger partial charge in [0.05, 0.1) is 12.0 Å². The largest absolute Gasteiger partial charge is 0.479 e. The molecule has 8 heteroatoms. The van der Waals surface area contributed by atoms with Gasteiger partial charge in [0, 0.05) is 22.2 Å². The average Bonchev–Trinajstić information content (AvgIpc) is 3.24. The van der Waals surface area contributed by atoms with E-state index in [1.807, 2.05) is 26.0 Å². The maximum absolute atomic E-state index is 14.5. The van der Waals surface area contributed by atoms with Gasteiger partial charge in [0.25, 0.3) is 0 Å². The number of aliphatic carboxylic acids is 1. The van der Waals surface area contributed by atoms with E-state index in [0.29, 0.717) is 27.4 Å². The number of Topliss-reactive ketones (excluding diaryl/α,β-unsaturated/α-hetero) is 1. The van der Waals surface area contributed by atoms with Crippen molar-refractivity contribution >= 4 is 35.1 Å². The van der Waals surface area contributed by atoms with Crippen molar-refractivity contribution in [1.82, 2.24) is 4.90 Å². The molecule has 214 valence electrons. The molecule has 2 N–H and O–H groups in total. The van der Waals surface area contributed by atoms with Crippen LogP contribution in [0.3, 0.4) is 0 Å². The molecule has 1 heterocycles. The molecule has 1 aliphatic rings. The van der Waals surface area contributed by atoms with Gasteiger partial charge in [-0.1, -0.05) is 71.8 Å². The second-order valence-electron chi connectivity index (χ2n) is 10.9. The Labute approximate surface area is 248 Å². The zero-order chi connectivity index (χ0) is 30.2. The molecule has 4 unspecified atom stereocenters. The zero-order valence-electron chi connectivity index (χ0n) is 23.3. The van der Waals surface area contributed by atoms with E-state index in [0.717, 1.165) is 11.1 Å². The first-order valence-corrected chi connectivity index (χ1v) is 13.9. The summed E-state index contributed by atoms with van der Waals surface area (Å²) in [5.41, 5.74) is 1.68. The second-order valence-corrected chi connectivity index (χ2v) is 11.3. The van der Waals surface area contributed by atoms with Gasteiger partial charge in [0.15, 0.2) is 5.78 Å². The summed E-state index contributed by atoms with van der Waals surface area (Å²) < 4.78 is 14.1. The number of benzene rings is 4. The summed E-state index contributed by atoms with van der Waals surface area (Å²) in [6.07, 6.45) is 0. The van der Waals surface area contributed by atoms with E-state index < -0.39 is 41.2 Å². The number of hydrogen-bond donors (Lipinski definition) is 2. The lowest BCUT2D eigenvalue weighted by atomic mass is 9.71. The monoisotopic (exact) mass is 584 g/mol. The number of aryl methyl sites for hydroxylation is 2. The maximum Gasteiger partial charge on any atom is 0.330 e. The maximum atomic E-state index is 14.5. The summed E-state index contributed by atoms with van der Waals surface area (Å²) in [7, 11) is 0. The van der Waals surface area contributed by atoms with Gasteiger partial charge in [-0.3, -0.25) is 9.69 Å². The van der Waals surface area contributed by atoms with Gasteiger partial charge in [0.1, 0.15) is 11.4 Å². The standard InChI is InChI=1S/C34H30ClFN2O4/c1-20-6-4-8-24(18-20)31(39)28-29(22-12-16-26(36)17-13-22)34(3,32(40)41)38(30(28)23-10-14-25(35)15-11-23)33(42)37-27-9-5-7-21(2)19-27/h4-19,28-30H,1-3H3,(H,37,42)(H,40,41). The van der Waals surface area contributed by atoms with Gasteiger partial charge < -0.3 is 10.4 Å². The third kappa shape index (κ3) is 5.28. The number of hydrogen-bond acceptors (Lipinski definition) is 3. The van der Waals surface area contributed by atoms with E-state index in [9.17, 15) is 23.9 Å². The van der Waals surface area contributed by atoms with Crippen LogP contribution in [0, 0.1) is 25.6 Å². The molecule has 0 spiro atoms. The first-order chi connectivity index (χ1) is 20.0. The number of carboxylic acids is 1. The Balaban J connectivity index is 1.77. The Bertz CT molecular complexity index is 1660. The van der Waals surface area contributed by atoms with E-state index in [-0.39, 0.29) is 5.78 Å². The molecule has 0 aromatic heterocycles. The fourth-order valence-corrected chi connectivity index (χ4v) is 6.24. The molecule has 0 radical (unpaired) electrons. The summed E-state index contributed by atoms with van der Waals surface area (Å²) in [4.78, 5) is 43.4. The number of carbonyl (C=O) groups is 3. The van der Waals surface area contributed by atoms with Gasteiger partial charge in [-0.25, -0.2) is 14.0 Å². The van der Waals surface area contributed by atoms with Crippen LogP contribution in [-0.4, -0.2) is 33.3 Å². The number of halogens is 2. The Morgan fingerprint density at radius 2 is 1.45 bits per heavy atom. The molecule has 1 fully saturated rings. The highest BCUT2D eigenvalue weighted by Crippen LogP contribution is 2.56. The molecule has 6 nitrogen and oxygen atoms in total. The number of anilines is 1. The Morgan fingerprint density at radius 3 is 2.05 bits per heavy atom. The highest BCUT2D eigenvalue weighted by Gasteiger charge is 2.65. The van der Waals surface area contributed by atoms with Crippen LogP contribution >= 0.6 is 11.6 Å². The quantitative estimate of drug-likeness (QED) is 0.226. The zero-order valence-corrected chi connectivity index (χ0v) is 24.1. The molecule has 0 aliphatic carbocycles. The van der Waals surface area contributed by atoms with Crippen molar-refractivity contribution in [2.75, 3.05) is 5.32 Å². The van der Waals surface area contributed by atoms with Gasteiger partial charge in [-0.2, -0.15) is 0 Å². The molecule has 0 saturated carbocycles. The van der Waals surface area contributed by atoms with E-state index in [4.69, 9.17) is 11.6 Å². The molecule has 42 heavy (non-hydrogen) atoms.